The van der Waals surface area contributed by atoms with Crippen LogP contribution in [0, 0.1) is 6.92 Å². The summed E-state index contributed by atoms with van der Waals surface area (Å²) >= 11 is 5.25. The van der Waals surface area contributed by atoms with Crippen LogP contribution in [0.3, 0.4) is 0 Å². The fourth-order valence-corrected chi connectivity index (χ4v) is 4.80. The van der Waals surface area contributed by atoms with Crippen molar-refractivity contribution in [1.82, 2.24) is 4.72 Å². The van der Waals surface area contributed by atoms with Gasteiger partial charge in [0.2, 0.25) is 10.0 Å². The van der Waals surface area contributed by atoms with E-state index in [1.54, 1.807) is 18.2 Å². The Hall–Kier alpha value is -0.0400. The number of halogens is 1. The number of hydrogen-bond donors (Lipinski definition) is 1. The van der Waals surface area contributed by atoms with Crippen LogP contribution in [0.1, 0.15) is 24.8 Å². The Morgan fingerprint density at radius 1 is 1.42 bits per heavy atom. The van der Waals surface area contributed by atoms with Crippen molar-refractivity contribution in [3.8, 4) is 0 Å². The molecule has 3 nitrogen and oxygen atoms in total. The Labute approximate surface area is 127 Å². The van der Waals surface area contributed by atoms with E-state index in [1.807, 2.05) is 18.7 Å². The van der Waals surface area contributed by atoms with Crippen molar-refractivity contribution in [2.45, 2.75) is 36.3 Å². The van der Waals surface area contributed by atoms with Gasteiger partial charge in [-0.25, -0.2) is 13.1 Å². The average molecular weight is 364 g/mol. The number of sulfonamides is 1. The zero-order chi connectivity index (χ0) is 13.9. The summed E-state index contributed by atoms with van der Waals surface area (Å²) in [5, 5.41) is 0.417. The van der Waals surface area contributed by atoms with Crippen LogP contribution in [0.2, 0.25) is 0 Å². The van der Waals surface area contributed by atoms with Crippen LogP contribution in [-0.2, 0) is 10.0 Å². The van der Waals surface area contributed by atoms with Gasteiger partial charge in [-0.05, 0) is 49.3 Å². The van der Waals surface area contributed by atoms with E-state index in [2.05, 4.69) is 20.7 Å². The lowest BCUT2D eigenvalue weighted by Crippen LogP contribution is -2.32. The quantitative estimate of drug-likeness (QED) is 0.892. The molecule has 6 heteroatoms. The summed E-state index contributed by atoms with van der Waals surface area (Å²) < 4.78 is 28.1. The SMILES string of the molecule is Cc1cc(S(=O)(=O)NCC2CCCCS2)ccc1Br. The third kappa shape index (κ3) is 4.21. The van der Waals surface area contributed by atoms with Gasteiger partial charge in [-0.1, -0.05) is 22.4 Å². The highest BCUT2D eigenvalue weighted by Crippen LogP contribution is 2.25. The molecule has 1 unspecified atom stereocenters. The van der Waals surface area contributed by atoms with E-state index < -0.39 is 10.0 Å². The minimum absolute atomic E-state index is 0.342. The third-order valence-electron chi connectivity index (χ3n) is 3.21. The van der Waals surface area contributed by atoms with Gasteiger partial charge in [0.15, 0.2) is 0 Å². The highest BCUT2D eigenvalue weighted by molar-refractivity contribution is 9.10. The summed E-state index contributed by atoms with van der Waals surface area (Å²) in [5.41, 5.74) is 0.926. The van der Waals surface area contributed by atoms with Crippen molar-refractivity contribution in [2.75, 3.05) is 12.3 Å². The molecule has 1 aromatic rings. The molecule has 19 heavy (non-hydrogen) atoms. The molecular weight excluding hydrogens is 346 g/mol. The van der Waals surface area contributed by atoms with E-state index in [0.717, 1.165) is 22.2 Å². The Balaban J connectivity index is 2.02. The van der Waals surface area contributed by atoms with Gasteiger partial charge in [-0.3, -0.25) is 0 Å². The van der Waals surface area contributed by atoms with E-state index in [-0.39, 0.29) is 0 Å². The third-order valence-corrected chi connectivity index (χ3v) is 6.92. The maximum Gasteiger partial charge on any atom is 0.240 e. The van der Waals surface area contributed by atoms with Gasteiger partial charge in [-0.2, -0.15) is 11.8 Å². The molecule has 0 aromatic heterocycles. The molecular formula is C13H18BrNO2S2. The van der Waals surface area contributed by atoms with Crippen LogP contribution in [-0.4, -0.2) is 26.0 Å². The molecule has 1 fully saturated rings. The summed E-state index contributed by atoms with van der Waals surface area (Å²) in [7, 11) is -3.38. The van der Waals surface area contributed by atoms with Gasteiger partial charge in [0.25, 0.3) is 0 Å². The first-order valence-corrected chi connectivity index (χ1v) is 9.69. The molecule has 1 aliphatic rings. The van der Waals surface area contributed by atoms with Gasteiger partial charge in [0, 0.05) is 16.3 Å². The first-order chi connectivity index (χ1) is 8.99. The Kier molecular flexibility index (Phi) is 5.34. The van der Waals surface area contributed by atoms with Gasteiger partial charge in [0.1, 0.15) is 0 Å². The molecule has 1 aliphatic heterocycles. The molecule has 1 N–H and O–H groups in total. The number of thioether (sulfide) groups is 1. The van der Waals surface area contributed by atoms with Gasteiger partial charge in [-0.15, -0.1) is 0 Å². The zero-order valence-electron chi connectivity index (χ0n) is 10.9. The minimum Gasteiger partial charge on any atom is -0.210 e. The average Bonchev–Trinajstić information content (AvgIpc) is 2.41. The summed E-state index contributed by atoms with van der Waals surface area (Å²) in [6.07, 6.45) is 3.56. The molecule has 0 amide bonds. The van der Waals surface area contributed by atoms with Crippen LogP contribution in [0.4, 0.5) is 0 Å². The monoisotopic (exact) mass is 363 g/mol. The molecule has 0 saturated carbocycles. The number of aryl methyl sites for hydroxylation is 1. The minimum atomic E-state index is -3.38. The number of benzene rings is 1. The van der Waals surface area contributed by atoms with E-state index >= 15 is 0 Å². The molecule has 0 aliphatic carbocycles. The van der Waals surface area contributed by atoms with Crippen molar-refractivity contribution in [1.29, 1.82) is 0 Å². The maximum atomic E-state index is 12.2. The van der Waals surface area contributed by atoms with Crippen molar-refractivity contribution >= 4 is 37.7 Å². The van der Waals surface area contributed by atoms with E-state index in [0.29, 0.717) is 16.7 Å². The van der Waals surface area contributed by atoms with Crippen LogP contribution in [0.25, 0.3) is 0 Å². The molecule has 2 rings (SSSR count). The van der Waals surface area contributed by atoms with Crippen molar-refractivity contribution in [3.63, 3.8) is 0 Å². The lowest BCUT2D eigenvalue weighted by molar-refractivity contribution is 0.573. The first-order valence-electron chi connectivity index (χ1n) is 6.36. The van der Waals surface area contributed by atoms with Crippen molar-refractivity contribution < 1.29 is 8.42 Å². The predicted molar refractivity (Wildman–Crippen MR) is 84.2 cm³/mol. The largest absolute Gasteiger partial charge is 0.240 e. The fourth-order valence-electron chi connectivity index (χ4n) is 2.04. The van der Waals surface area contributed by atoms with Crippen molar-refractivity contribution in [3.05, 3.63) is 28.2 Å². The normalized spacial score (nSPS) is 20.4. The standard InChI is InChI=1S/C13H18BrNO2S2/c1-10-8-12(5-6-13(10)14)19(16,17)15-9-11-4-2-3-7-18-11/h5-6,8,11,15H,2-4,7,9H2,1H3. The lowest BCUT2D eigenvalue weighted by atomic mass is 10.2. The number of rotatable bonds is 4. The molecule has 1 aromatic carbocycles. The van der Waals surface area contributed by atoms with Crippen LogP contribution < -0.4 is 4.72 Å². The number of nitrogens with one attached hydrogen (secondary N) is 1. The van der Waals surface area contributed by atoms with Gasteiger partial charge in [0.05, 0.1) is 4.90 Å². The van der Waals surface area contributed by atoms with E-state index in [9.17, 15) is 8.42 Å². The highest BCUT2D eigenvalue weighted by atomic mass is 79.9. The van der Waals surface area contributed by atoms with Gasteiger partial charge >= 0.3 is 0 Å². The molecule has 1 heterocycles. The van der Waals surface area contributed by atoms with Crippen LogP contribution in [0.15, 0.2) is 27.6 Å². The summed E-state index contributed by atoms with van der Waals surface area (Å²) in [5.74, 6) is 1.14. The molecule has 1 atom stereocenters. The second-order valence-electron chi connectivity index (χ2n) is 4.75. The maximum absolute atomic E-state index is 12.2. The van der Waals surface area contributed by atoms with E-state index in [1.165, 1.54) is 12.8 Å². The Morgan fingerprint density at radius 2 is 2.21 bits per heavy atom. The molecule has 0 bridgehead atoms. The van der Waals surface area contributed by atoms with Crippen LogP contribution >= 0.6 is 27.7 Å². The van der Waals surface area contributed by atoms with E-state index in [4.69, 9.17) is 0 Å². The van der Waals surface area contributed by atoms with Crippen LogP contribution in [0.5, 0.6) is 0 Å². The molecule has 0 radical (unpaired) electrons. The highest BCUT2D eigenvalue weighted by Gasteiger charge is 2.19. The molecule has 1 saturated heterocycles. The zero-order valence-corrected chi connectivity index (χ0v) is 14.1. The lowest BCUT2D eigenvalue weighted by Gasteiger charge is -2.21. The Bertz CT molecular complexity index is 540. The summed E-state index contributed by atoms with van der Waals surface area (Å²) in [6.45, 7) is 2.42. The van der Waals surface area contributed by atoms with Gasteiger partial charge < -0.3 is 0 Å². The molecule has 0 spiro atoms. The smallest absolute Gasteiger partial charge is 0.210 e. The Morgan fingerprint density at radius 3 is 2.84 bits per heavy atom. The predicted octanol–water partition coefficient (Wildman–Crippen LogP) is 3.32. The second-order valence-corrected chi connectivity index (χ2v) is 8.78. The first kappa shape index (κ1) is 15.4. The second kappa shape index (κ2) is 6.61. The fraction of sp³-hybridized carbons (Fsp3) is 0.538. The van der Waals surface area contributed by atoms with Crippen molar-refractivity contribution in [2.24, 2.45) is 0 Å². The summed E-state index contributed by atoms with van der Waals surface area (Å²) in [6, 6.07) is 5.10. The number of hydrogen-bond acceptors (Lipinski definition) is 3. The molecule has 106 valence electrons. The topological polar surface area (TPSA) is 46.2 Å². The summed E-state index contributed by atoms with van der Waals surface area (Å²) in [4.78, 5) is 0.342.